The van der Waals surface area contributed by atoms with E-state index < -0.39 is 46.0 Å². The summed E-state index contributed by atoms with van der Waals surface area (Å²) in [4.78, 5) is 37.4. The number of anilines is 1. The topological polar surface area (TPSA) is 171 Å². The number of halogens is 2. The lowest BCUT2D eigenvalue weighted by molar-refractivity contribution is -0.848. The van der Waals surface area contributed by atoms with E-state index in [1.807, 2.05) is 0 Å². The Morgan fingerprint density at radius 1 is 1.18 bits per heavy atom. The van der Waals surface area contributed by atoms with Crippen LogP contribution in [0, 0.1) is 23.0 Å². The molecule has 2 unspecified atom stereocenters. The Morgan fingerprint density at radius 2 is 1.96 bits per heavy atom. The smallest absolute Gasteiger partial charge is 0.413 e. The fraction of sp³-hybridized carbons (Fsp3) is 0.265. The van der Waals surface area contributed by atoms with Crippen molar-refractivity contribution in [2.24, 2.45) is 10.1 Å². The van der Waals surface area contributed by atoms with Gasteiger partial charge in [-0.1, -0.05) is 24.2 Å². The fourth-order valence-electron chi connectivity index (χ4n) is 5.44. The van der Waals surface area contributed by atoms with Gasteiger partial charge < -0.3 is 14.6 Å². The van der Waals surface area contributed by atoms with Gasteiger partial charge in [0.05, 0.1) is 27.9 Å². The molecule has 0 radical (unpaired) electrons. The van der Waals surface area contributed by atoms with Gasteiger partial charge in [0.1, 0.15) is 37.1 Å². The SMILES string of the molecule is CNC(OC(C)=O)c1cccnc1NC(=O)OCC[N+]1(C[C@](O)(c2cc(F)ccc2F)[C@@H](C)c2nc(-c3ccc(C#N)cc3)cs2)C=NC=N1. The molecule has 13 nitrogen and oxygen atoms in total. The van der Waals surface area contributed by atoms with Crippen LogP contribution in [0.1, 0.15) is 47.7 Å². The van der Waals surface area contributed by atoms with Gasteiger partial charge in [0.15, 0.2) is 18.2 Å². The van der Waals surface area contributed by atoms with Crippen LogP contribution in [0.2, 0.25) is 0 Å². The predicted molar refractivity (Wildman–Crippen MR) is 181 cm³/mol. The molecule has 2 aromatic heterocycles. The van der Waals surface area contributed by atoms with Crippen LogP contribution in [0.25, 0.3) is 11.3 Å². The molecule has 0 bridgehead atoms. The lowest BCUT2D eigenvalue weighted by Gasteiger charge is -2.38. The maximum atomic E-state index is 15.5. The van der Waals surface area contributed by atoms with E-state index in [1.165, 1.54) is 37.1 Å². The van der Waals surface area contributed by atoms with E-state index in [0.717, 1.165) is 23.8 Å². The van der Waals surface area contributed by atoms with Crippen LogP contribution in [0.5, 0.6) is 0 Å². The zero-order valence-corrected chi connectivity index (χ0v) is 28.0. The van der Waals surface area contributed by atoms with Crippen molar-refractivity contribution >= 4 is 41.9 Å². The lowest BCUT2D eigenvalue weighted by atomic mass is 9.81. The lowest BCUT2D eigenvalue weighted by Crippen LogP contribution is -2.54. The number of pyridine rings is 1. The van der Waals surface area contributed by atoms with Crippen molar-refractivity contribution in [3.63, 3.8) is 0 Å². The zero-order chi connectivity index (χ0) is 35.9. The van der Waals surface area contributed by atoms with Gasteiger partial charge in [-0.3, -0.25) is 15.4 Å². The number of aromatic nitrogens is 2. The molecule has 1 aliphatic rings. The number of benzene rings is 2. The molecular weight excluding hydrogens is 670 g/mol. The molecular formula is C34H33F2N8O5S+. The third-order valence-corrected chi connectivity index (χ3v) is 9.08. The van der Waals surface area contributed by atoms with E-state index in [2.05, 4.69) is 31.8 Å². The number of hydrogen-bond acceptors (Lipinski definition) is 12. The number of hydrogen-bond donors (Lipinski definition) is 3. The second-order valence-electron chi connectivity index (χ2n) is 11.4. The number of thiazole rings is 1. The van der Waals surface area contributed by atoms with Crippen LogP contribution in [0.15, 0.2) is 76.3 Å². The molecule has 1 aliphatic heterocycles. The van der Waals surface area contributed by atoms with Crippen molar-refractivity contribution in [3.8, 4) is 17.3 Å². The molecule has 50 heavy (non-hydrogen) atoms. The molecule has 16 heteroatoms. The average Bonchev–Trinajstić information content (AvgIpc) is 3.79. The molecule has 0 aliphatic carbocycles. The molecule has 3 heterocycles. The monoisotopic (exact) mass is 703 g/mol. The summed E-state index contributed by atoms with van der Waals surface area (Å²) in [5.41, 5.74) is -0.217. The van der Waals surface area contributed by atoms with Crippen molar-refractivity contribution < 1.29 is 37.5 Å². The summed E-state index contributed by atoms with van der Waals surface area (Å²) in [7, 11) is 1.57. The minimum Gasteiger partial charge on any atom is -0.443 e. The number of nitrogens with one attached hydrogen (secondary N) is 2. The average molecular weight is 704 g/mol. The fourth-order valence-corrected chi connectivity index (χ4v) is 6.41. The van der Waals surface area contributed by atoms with Gasteiger partial charge in [-0.25, -0.2) is 23.5 Å². The summed E-state index contributed by atoms with van der Waals surface area (Å²) in [6.45, 7) is 2.28. The van der Waals surface area contributed by atoms with Crippen molar-refractivity contribution in [2.45, 2.75) is 31.6 Å². The molecule has 0 saturated heterocycles. The largest absolute Gasteiger partial charge is 0.443 e. The first-order chi connectivity index (χ1) is 24.0. The second-order valence-corrected chi connectivity index (χ2v) is 12.3. The molecule has 258 valence electrons. The van der Waals surface area contributed by atoms with E-state index >= 15 is 4.39 Å². The molecule has 5 rings (SSSR count). The Balaban J connectivity index is 1.37. The van der Waals surface area contributed by atoms with Crippen molar-refractivity contribution in [3.05, 3.63) is 99.5 Å². The number of rotatable bonds is 13. The second kappa shape index (κ2) is 15.4. The van der Waals surface area contributed by atoms with Gasteiger partial charge in [0.25, 0.3) is 0 Å². The van der Waals surface area contributed by atoms with Gasteiger partial charge in [-0.15, -0.1) is 15.9 Å². The highest BCUT2D eigenvalue weighted by molar-refractivity contribution is 7.10. The number of nitrogens with zero attached hydrogens (tertiary/aromatic N) is 6. The van der Waals surface area contributed by atoms with E-state index in [9.17, 15) is 19.1 Å². The Hall–Kier alpha value is -5.47. The van der Waals surface area contributed by atoms with Crippen molar-refractivity contribution in [2.75, 3.05) is 32.1 Å². The first-order valence-electron chi connectivity index (χ1n) is 15.3. The Kier molecular flexibility index (Phi) is 11.0. The molecule has 0 fully saturated rings. The van der Waals surface area contributed by atoms with Gasteiger partial charge in [-0.05, 0) is 49.5 Å². The Labute approximate surface area is 290 Å². The first-order valence-corrected chi connectivity index (χ1v) is 16.2. The number of amides is 1. The van der Waals surface area contributed by atoms with Crippen LogP contribution >= 0.6 is 11.3 Å². The van der Waals surface area contributed by atoms with Gasteiger partial charge in [-0.2, -0.15) is 10.3 Å². The summed E-state index contributed by atoms with van der Waals surface area (Å²) < 4.78 is 40.3. The zero-order valence-electron chi connectivity index (χ0n) is 27.2. The number of quaternary nitrogens is 1. The maximum absolute atomic E-state index is 15.5. The minimum absolute atomic E-state index is 0.0462. The number of aliphatic hydroxyl groups is 1. The van der Waals surface area contributed by atoms with Gasteiger partial charge in [0, 0.05) is 35.5 Å². The Morgan fingerprint density at radius 3 is 2.64 bits per heavy atom. The van der Waals surface area contributed by atoms with E-state index in [-0.39, 0.29) is 31.1 Å². The molecule has 0 spiro atoms. The number of ether oxygens (including phenoxy) is 2. The number of esters is 1. The first kappa shape index (κ1) is 35.8. The van der Waals surface area contributed by atoms with Crippen molar-refractivity contribution in [1.82, 2.24) is 15.3 Å². The quantitative estimate of drug-likeness (QED) is 0.0965. The highest BCUT2D eigenvalue weighted by Gasteiger charge is 2.49. The highest BCUT2D eigenvalue weighted by Crippen LogP contribution is 2.42. The third-order valence-electron chi connectivity index (χ3n) is 8.06. The summed E-state index contributed by atoms with van der Waals surface area (Å²) in [6, 6.07) is 15.0. The molecule has 4 aromatic rings. The van der Waals surface area contributed by atoms with E-state index in [4.69, 9.17) is 19.7 Å². The number of carbonyl (C=O) groups is 2. The normalized spacial score (nSPS) is 17.4. The summed E-state index contributed by atoms with van der Waals surface area (Å²) in [5.74, 6) is -2.93. The van der Waals surface area contributed by atoms with Crippen LogP contribution in [-0.2, 0) is 19.9 Å². The number of carbonyl (C=O) groups excluding carboxylic acids is 2. The maximum Gasteiger partial charge on any atom is 0.413 e. The van der Waals surface area contributed by atoms with Crippen molar-refractivity contribution in [1.29, 1.82) is 5.26 Å². The Bertz CT molecular complexity index is 1950. The highest BCUT2D eigenvalue weighted by atomic mass is 32.1. The standard InChI is InChI=1S/C34H32F2N8O5S/c1-21(32-42-29(17-50-32)24-8-6-23(16-37)7-9-24)34(47,27-15-25(35)10-11-28(27)36)18-44(20-39-19-41-44)13-14-48-33(46)43-30-26(5-4-12-40-30)31(38-3)49-22(2)45/h4-12,15,17,19-21,31,38,47H,13-14,18H2,1-3H3/p+1/t21-,31?,34+,44?/m0/s1. The van der Waals surface area contributed by atoms with Crippen LogP contribution in [0.4, 0.5) is 19.4 Å². The van der Waals surface area contributed by atoms with Crippen LogP contribution in [0.3, 0.4) is 0 Å². The molecule has 1 amide bonds. The molecule has 4 atom stereocenters. The minimum atomic E-state index is -2.09. The van der Waals surface area contributed by atoms with Gasteiger partial charge in [0.2, 0.25) is 6.34 Å². The van der Waals surface area contributed by atoms with E-state index in [0.29, 0.717) is 21.8 Å². The molecule has 0 saturated carbocycles. The molecule has 2 aromatic carbocycles. The van der Waals surface area contributed by atoms with Crippen LogP contribution < -0.4 is 10.6 Å². The number of nitriles is 1. The summed E-state index contributed by atoms with van der Waals surface area (Å²) in [5, 5.41) is 33.6. The predicted octanol–water partition coefficient (Wildman–Crippen LogP) is 5.18. The summed E-state index contributed by atoms with van der Waals surface area (Å²) >= 11 is 1.23. The van der Waals surface area contributed by atoms with Crippen LogP contribution in [-0.4, -0.2) is 71.2 Å². The van der Waals surface area contributed by atoms with E-state index in [1.54, 1.807) is 55.7 Å². The van der Waals surface area contributed by atoms with Gasteiger partial charge >= 0.3 is 12.1 Å². The third kappa shape index (κ3) is 8.04. The number of aliphatic imine (C=N–C) groups is 1. The molecule has 3 N–H and O–H groups in total. The summed E-state index contributed by atoms with van der Waals surface area (Å²) in [6.07, 6.45) is 2.35.